The van der Waals surface area contributed by atoms with Crippen LogP contribution in [0.15, 0.2) is 58.8 Å². The smallest absolute Gasteiger partial charge is 0.137 e. The highest BCUT2D eigenvalue weighted by Gasteiger charge is 2.32. The number of aromatic nitrogens is 3. The molecule has 5 heteroatoms. The number of amidine groups is 1. The zero-order valence-electron chi connectivity index (χ0n) is 15.4. The van der Waals surface area contributed by atoms with E-state index in [1.54, 1.807) is 12.4 Å². The topological polar surface area (TPSA) is 63.4 Å². The second kappa shape index (κ2) is 6.09. The monoisotopic (exact) mass is 343 g/mol. The van der Waals surface area contributed by atoms with E-state index < -0.39 is 0 Å². The Balaban J connectivity index is 1.85. The van der Waals surface area contributed by atoms with Crippen molar-refractivity contribution < 1.29 is 0 Å². The molecule has 130 valence electrons. The third-order valence-electron chi connectivity index (χ3n) is 4.36. The van der Waals surface area contributed by atoms with Gasteiger partial charge in [0.2, 0.25) is 0 Å². The Hall–Kier alpha value is -2.95. The minimum atomic E-state index is -0.196. The van der Waals surface area contributed by atoms with Crippen molar-refractivity contribution in [2.45, 2.75) is 33.7 Å². The highest BCUT2D eigenvalue weighted by Crippen LogP contribution is 2.32. The van der Waals surface area contributed by atoms with E-state index in [1.807, 2.05) is 43.3 Å². The van der Waals surface area contributed by atoms with Gasteiger partial charge in [0.1, 0.15) is 11.9 Å². The van der Waals surface area contributed by atoms with Gasteiger partial charge in [0.05, 0.1) is 22.4 Å². The first kappa shape index (κ1) is 16.5. The van der Waals surface area contributed by atoms with Gasteiger partial charge in [-0.2, -0.15) is 0 Å². The molecule has 0 spiro atoms. The quantitative estimate of drug-likeness (QED) is 0.696. The summed E-state index contributed by atoms with van der Waals surface area (Å²) in [4.78, 5) is 23.3. The molecule has 3 heterocycles. The second-order valence-corrected chi connectivity index (χ2v) is 7.57. The average molecular weight is 343 g/mol. The van der Waals surface area contributed by atoms with E-state index in [4.69, 9.17) is 15.0 Å². The molecular formula is C21H21N5. The van der Waals surface area contributed by atoms with Crippen molar-refractivity contribution in [1.82, 2.24) is 15.0 Å². The molecule has 1 atom stereocenters. The van der Waals surface area contributed by atoms with Crippen molar-refractivity contribution >= 4 is 22.6 Å². The van der Waals surface area contributed by atoms with Crippen LogP contribution in [0.4, 0.5) is 0 Å². The van der Waals surface area contributed by atoms with E-state index in [1.165, 1.54) is 0 Å². The fourth-order valence-electron chi connectivity index (χ4n) is 3.02. The van der Waals surface area contributed by atoms with Crippen LogP contribution in [0.1, 0.15) is 43.8 Å². The van der Waals surface area contributed by atoms with Gasteiger partial charge >= 0.3 is 0 Å². The Morgan fingerprint density at radius 2 is 1.69 bits per heavy atom. The maximum Gasteiger partial charge on any atom is 0.137 e. The van der Waals surface area contributed by atoms with Crippen LogP contribution < -0.4 is 0 Å². The molecule has 0 aliphatic carbocycles. The zero-order chi connectivity index (χ0) is 18.3. The molecule has 0 saturated carbocycles. The van der Waals surface area contributed by atoms with Crippen LogP contribution in [0.5, 0.6) is 0 Å². The van der Waals surface area contributed by atoms with Crippen LogP contribution in [0, 0.1) is 12.3 Å². The molecule has 3 aromatic rings. The maximum absolute atomic E-state index is 4.92. The molecule has 5 nitrogen and oxygen atoms in total. The SMILES string of the molecule is Cc1cccc(C2N=C(C(C)(C)C)N=C2c2ccc3nccnc3c2)n1. The summed E-state index contributed by atoms with van der Waals surface area (Å²) in [6, 6.07) is 11.9. The largest absolute Gasteiger partial charge is 0.255 e. The molecule has 1 aromatic carbocycles. The standard InChI is InChI=1S/C21H21N5/c1-13-6-5-7-16(24-13)19-18(25-20(26-19)21(2,3)4)14-8-9-15-17(12-14)23-11-10-22-15/h5-12,19H,1-4H3. The van der Waals surface area contributed by atoms with E-state index in [-0.39, 0.29) is 11.5 Å². The first-order valence-electron chi connectivity index (χ1n) is 8.73. The molecule has 1 aliphatic heterocycles. The van der Waals surface area contributed by atoms with E-state index in [0.29, 0.717) is 0 Å². The minimum absolute atomic E-state index is 0.125. The third kappa shape index (κ3) is 3.01. The van der Waals surface area contributed by atoms with Gasteiger partial charge in [0.25, 0.3) is 0 Å². The summed E-state index contributed by atoms with van der Waals surface area (Å²) in [5, 5.41) is 0. The first-order valence-corrected chi connectivity index (χ1v) is 8.73. The lowest BCUT2D eigenvalue weighted by atomic mass is 9.95. The molecule has 2 aromatic heterocycles. The number of hydrogen-bond acceptors (Lipinski definition) is 5. The Bertz CT molecular complexity index is 1040. The Kier molecular flexibility index (Phi) is 3.87. The summed E-state index contributed by atoms with van der Waals surface area (Å²) in [6.45, 7) is 8.38. The third-order valence-corrected chi connectivity index (χ3v) is 4.36. The van der Waals surface area contributed by atoms with Crippen molar-refractivity contribution in [3.05, 3.63) is 65.7 Å². The average Bonchev–Trinajstić information content (AvgIpc) is 3.07. The van der Waals surface area contributed by atoms with Crippen molar-refractivity contribution in [2.75, 3.05) is 0 Å². The van der Waals surface area contributed by atoms with Crippen molar-refractivity contribution in [1.29, 1.82) is 0 Å². The van der Waals surface area contributed by atoms with Crippen LogP contribution in [-0.2, 0) is 0 Å². The molecule has 4 rings (SSSR count). The van der Waals surface area contributed by atoms with Crippen LogP contribution in [0.25, 0.3) is 11.0 Å². The van der Waals surface area contributed by atoms with Gasteiger partial charge < -0.3 is 0 Å². The summed E-state index contributed by atoms with van der Waals surface area (Å²) in [5.74, 6) is 0.847. The predicted molar refractivity (Wildman–Crippen MR) is 105 cm³/mol. The van der Waals surface area contributed by atoms with Gasteiger partial charge in [-0.1, -0.05) is 32.9 Å². The predicted octanol–water partition coefficient (Wildman–Crippen LogP) is 4.32. The van der Waals surface area contributed by atoms with Gasteiger partial charge in [-0.15, -0.1) is 0 Å². The van der Waals surface area contributed by atoms with Gasteiger partial charge in [-0.05, 0) is 31.2 Å². The summed E-state index contributed by atoms with van der Waals surface area (Å²) >= 11 is 0. The number of aliphatic imine (C=N–C) groups is 2. The summed E-state index contributed by atoms with van der Waals surface area (Å²) in [7, 11) is 0. The van der Waals surface area contributed by atoms with E-state index in [0.717, 1.165) is 39.5 Å². The van der Waals surface area contributed by atoms with Crippen molar-refractivity contribution in [3.63, 3.8) is 0 Å². The summed E-state index contributed by atoms with van der Waals surface area (Å²) < 4.78 is 0. The van der Waals surface area contributed by atoms with E-state index >= 15 is 0 Å². The number of hydrogen-bond donors (Lipinski definition) is 0. The van der Waals surface area contributed by atoms with Gasteiger partial charge in [0.15, 0.2) is 0 Å². The zero-order valence-corrected chi connectivity index (χ0v) is 15.4. The fraction of sp³-hybridized carbons (Fsp3) is 0.286. The highest BCUT2D eigenvalue weighted by atomic mass is 15.1. The molecule has 0 amide bonds. The second-order valence-electron chi connectivity index (χ2n) is 7.57. The summed E-state index contributed by atoms with van der Waals surface area (Å²) in [6.07, 6.45) is 3.41. The Morgan fingerprint density at radius 1 is 0.923 bits per heavy atom. The normalized spacial score (nSPS) is 17.3. The van der Waals surface area contributed by atoms with Gasteiger partial charge in [0, 0.05) is 29.1 Å². The number of nitrogens with zero attached hydrogens (tertiary/aromatic N) is 5. The van der Waals surface area contributed by atoms with Crippen LogP contribution in [-0.4, -0.2) is 26.5 Å². The minimum Gasteiger partial charge on any atom is -0.255 e. The first-order chi connectivity index (χ1) is 12.4. The number of pyridine rings is 1. The summed E-state index contributed by atoms with van der Waals surface area (Å²) in [5.41, 5.74) is 5.42. The van der Waals surface area contributed by atoms with E-state index in [9.17, 15) is 0 Å². The van der Waals surface area contributed by atoms with Gasteiger partial charge in [-0.3, -0.25) is 19.9 Å². The molecule has 0 saturated heterocycles. The van der Waals surface area contributed by atoms with Crippen LogP contribution >= 0.6 is 0 Å². The van der Waals surface area contributed by atoms with Crippen molar-refractivity contribution in [3.8, 4) is 0 Å². The Labute approximate surface area is 153 Å². The number of fused-ring (bicyclic) bond motifs is 1. The fourth-order valence-corrected chi connectivity index (χ4v) is 3.02. The molecule has 0 N–H and O–H groups in total. The van der Waals surface area contributed by atoms with Gasteiger partial charge in [-0.25, -0.2) is 4.99 Å². The number of rotatable bonds is 2. The van der Waals surface area contributed by atoms with Crippen LogP contribution in [0.3, 0.4) is 0 Å². The molecular weight excluding hydrogens is 322 g/mol. The van der Waals surface area contributed by atoms with E-state index in [2.05, 4.69) is 30.7 Å². The molecule has 1 aliphatic rings. The number of aryl methyl sites for hydroxylation is 1. The van der Waals surface area contributed by atoms with Crippen molar-refractivity contribution in [2.24, 2.45) is 15.4 Å². The lowest BCUT2D eigenvalue weighted by Crippen LogP contribution is -2.16. The number of benzene rings is 1. The molecule has 1 unspecified atom stereocenters. The maximum atomic E-state index is 4.92. The molecule has 0 fully saturated rings. The Morgan fingerprint density at radius 3 is 2.42 bits per heavy atom. The lowest BCUT2D eigenvalue weighted by Gasteiger charge is -2.15. The molecule has 26 heavy (non-hydrogen) atoms. The van der Waals surface area contributed by atoms with Crippen LogP contribution in [0.2, 0.25) is 0 Å². The lowest BCUT2D eigenvalue weighted by molar-refractivity contribution is 0.584. The highest BCUT2D eigenvalue weighted by molar-refractivity contribution is 6.16. The molecule has 0 radical (unpaired) electrons. The molecule has 0 bridgehead atoms.